The molecular weight excluding hydrogens is 244 g/mol. The van der Waals surface area contributed by atoms with Crippen LogP contribution >= 0.6 is 0 Å². The minimum atomic E-state index is -0.429. The van der Waals surface area contributed by atoms with Crippen molar-refractivity contribution in [2.45, 2.75) is 0 Å². The van der Waals surface area contributed by atoms with E-state index < -0.39 is 5.97 Å². The topological polar surface area (TPSA) is 44.8 Å². The van der Waals surface area contributed by atoms with Crippen molar-refractivity contribution >= 4 is 5.97 Å². The van der Waals surface area contributed by atoms with Crippen LogP contribution in [0.5, 0.6) is 5.75 Å². The number of carbonyl (C=O) groups is 1. The third-order valence-electron chi connectivity index (χ3n) is 1.70. The molecular formula is C15H18O4. The lowest BCUT2D eigenvalue weighted by Crippen LogP contribution is -2.09. The van der Waals surface area contributed by atoms with Crippen LogP contribution in [0.25, 0.3) is 0 Å². The maximum Gasteiger partial charge on any atom is 0.330 e. The summed E-state index contributed by atoms with van der Waals surface area (Å²) in [6, 6.07) is 9.35. The van der Waals surface area contributed by atoms with Crippen molar-refractivity contribution in [1.82, 2.24) is 0 Å². The molecule has 0 heterocycles. The summed E-state index contributed by atoms with van der Waals surface area (Å²) in [6.45, 7) is 10.4. The van der Waals surface area contributed by atoms with Crippen molar-refractivity contribution in [3.8, 4) is 5.75 Å². The van der Waals surface area contributed by atoms with Gasteiger partial charge in [0, 0.05) is 6.08 Å². The van der Waals surface area contributed by atoms with Crippen LogP contribution in [0.1, 0.15) is 0 Å². The SMILES string of the molecule is C=CC(=O)OCCOc1ccccc1.C=COC=C. The fourth-order valence-corrected chi connectivity index (χ4v) is 0.945. The molecule has 0 atom stereocenters. The van der Waals surface area contributed by atoms with Gasteiger partial charge in [0.15, 0.2) is 0 Å². The molecule has 102 valence electrons. The van der Waals surface area contributed by atoms with Crippen LogP contribution in [-0.4, -0.2) is 19.2 Å². The number of ether oxygens (including phenoxy) is 3. The molecule has 0 aliphatic rings. The number of carbonyl (C=O) groups excluding carboxylic acids is 1. The van der Waals surface area contributed by atoms with E-state index in [0.29, 0.717) is 6.61 Å². The number of benzene rings is 1. The summed E-state index contributed by atoms with van der Waals surface area (Å²) in [6.07, 6.45) is 3.75. The molecule has 0 fully saturated rings. The Morgan fingerprint density at radius 2 is 1.68 bits per heavy atom. The molecule has 1 rings (SSSR count). The zero-order valence-electron chi connectivity index (χ0n) is 10.8. The fraction of sp³-hybridized carbons (Fsp3) is 0.133. The Kier molecular flexibility index (Phi) is 10.4. The predicted molar refractivity (Wildman–Crippen MR) is 74.6 cm³/mol. The molecule has 0 unspecified atom stereocenters. The number of para-hydroxylation sites is 1. The summed E-state index contributed by atoms with van der Waals surface area (Å²) in [5, 5.41) is 0. The molecule has 0 amide bonds. The Morgan fingerprint density at radius 3 is 2.16 bits per heavy atom. The van der Waals surface area contributed by atoms with E-state index in [0.717, 1.165) is 11.8 Å². The number of hydrogen-bond donors (Lipinski definition) is 0. The van der Waals surface area contributed by atoms with Crippen LogP contribution in [0, 0.1) is 0 Å². The summed E-state index contributed by atoms with van der Waals surface area (Å²) in [7, 11) is 0. The maximum atomic E-state index is 10.6. The van der Waals surface area contributed by atoms with Gasteiger partial charge in [0.25, 0.3) is 0 Å². The second-order valence-electron chi connectivity index (χ2n) is 3.00. The summed E-state index contributed by atoms with van der Waals surface area (Å²) in [5.74, 6) is 0.337. The second-order valence-corrected chi connectivity index (χ2v) is 3.00. The predicted octanol–water partition coefficient (Wildman–Crippen LogP) is 3.08. The van der Waals surface area contributed by atoms with Crippen LogP contribution in [0.15, 0.2) is 68.7 Å². The number of rotatable bonds is 7. The van der Waals surface area contributed by atoms with Gasteiger partial charge in [-0.1, -0.05) is 37.9 Å². The number of esters is 1. The van der Waals surface area contributed by atoms with Crippen molar-refractivity contribution in [3.63, 3.8) is 0 Å². The fourth-order valence-electron chi connectivity index (χ4n) is 0.945. The summed E-state index contributed by atoms with van der Waals surface area (Å²) in [5.41, 5.74) is 0. The van der Waals surface area contributed by atoms with Gasteiger partial charge in [-0.15, -0.1) is 0 Å². The molecule has 0 radical (unpaired) electrons. The Labute approximate surface area is 113 Å². The second kappa shape index (κ2) is 12.0. The monoisotopic (exact) mass is 262 g/mol. The van der Waals surface area contributed by atoms with Crippen LogP contribution in [0.4, 0.5) is 0 Å². The van der Waals surface area contributed by atoms with E-state index in [4.69, 9.17) is 9.47 Å². The third kappa shape index (κ3) is 10.4. The average Bonchev–Trinajstić information content (AvgIpc) is 2.46. The first kappa shape index (κ1) is 16.5. The van der Waals surface area contributed by atoms with Crippen LogP contribution in [-0.2, 0) is 14.3 Å². The molecule has 0 aliphatic carbocycles. The van der Waals surface area contributed by atoms with Crippen molar-refractivity contribution in [1.29, 1.82) is 0 Å². The molecule has 0 aliphatic heterocycles. The molecule has 4 heteroatoms. The standard InChI is InChI=1S/C11H12O3.C4H6O/c1-2-11(12)14-9-8-13-10-6-4-3-5-7-10;1-3-5-4-2/h2-7H,1,8-9H2;3-4H,1-2H2. The highest BCUT2D eigenvalue weighted by atomic mass is 16.6. The molecule has 0 saturated carbocycles. The highest BCUT2D eigenvalue weighted by molar-refractivity contribution is 5.81. The normalized spacial score (nSPS) is 8.21. The van der Waals surface area contributed by atoms with Crippen molar-refractivity contribution < 1.29 is 19.0 Å². The van der Waals surface area contributed by atoms with Gasteiger partial charge in [-0.2, -0.15) is 0 Å². The molecule has 0 bridgehead atoms. The van der Waals surface area contributed by atoms with Crippen LogP contribution < -0.4 is 4.74 Å². The highest BCUT2D eigenvalue weighted by Gasteiger charge is 1.95. The van der Waals surface area contributed by atoms with Gasteiger partial charge in [-0.05, 0) is 12.1 Å². The van der Waals surface area contributed by atoms with E-state index in [2.05, 4.69) is 24.5 Å². The highest BCUT2D eigenvalue weighted by Crippen LogP contribution is 2.07. The van der Waals surface area contributed by atoms with Gasteiger partial charge in [-0.3, -0.25) is 0 Å². The first-order valence-electron chi connectivity index (χ1n) is 5.59. The molecule has 19 heavy (non-hydrogen) atoms. The van der Waals surface area contributed by atoms with Gasteiger partial charge < -0.3 is 14.2 Å². The van der Waals surface area contributed by atoms with Crippen LogP contribution in [0.3, 0.4) is 0 Å². The van der Waals surface area contributed by atoms with E-state index in [1.165, 1.54) is 12.5 Å². The lowest BCUT2D eigenvalue weighted by Gasteiger charge is -2.05. The van der Waals surface area contributed by atoms with Crippen molar-refractivity contribution in [2.24, 2.45) is 0 Å². The largest absolute Gasteiger partial charge is 0.490 e. The molecule has 0 spiro atoms. The van der Waals surface area contributed by atoms with Gasteiger partial charge >= 0.3 is 5.97 Å². The van der Waals surface area contributed by atoms with E-state index in [-0.39, 0.29) is 6.61 Å². The van der Waals surface area contributed by atoms with E-state index in [9.17, 15) is 4.79 Å². The first-order chi connectivity index (χ1) is 9.24. The summed E-state index contributed by atoms with van der Waals surface area (Å²) in [4.78, 5) is 10.6. The van der Waals surface area contributed by atoms with Gasteiger partial charge in [-0.25, -0.2) is 4.79 Å². The smallest absolute Gasteiger partial charge is 0.330 e. The molecule has 1 aromatic rings. The summed E-state index contributed by atoms with van der Waals surface area (Å²) < 4.78 is 14.4. The zero-order chi connectivity index (χ0) is 14.3. The molecule has 1 aromatic carbocycles. The Morgan fingerprint density at radius 1 is 1.05 bits per heavy atom. The molecule has 0 saturated heterocycles. The van der Waals surface area contributed by atoms with Crippen molar-refractivity contribution in [3.05, 3.63) is 68.7 Å². The van der Waals surface area contributed by atoms with Gasteiger partial charge in [0.1, 0.15) is 19.0 Å². The molecule has 4 nitrogen and oxygen atoms in total. The van der Waals surface area contributed by atoms with E-state index >= 15 is 0 Å². The zero-order valence-corrected chi connectivity index (χ0v) is 10.8. The van der Waals surface area contributed by atoms with Gasteiger partial charge in [0.2, 0.25) is 0 Å². The van der Waals surface area contributed by atoms with E-state index in [1.807, 2.05) is 30.3 Å². The lowest BCUT2D eigenvalue weighted by molar-refractivity contribution is -0.138. The summed E-state index contributed by atoms with van der Waals surface area (Å²) >= 11 is 0. The maximum absolute atomic E-state index is 10.6. The quantitative estimate of drug-likeness (QED) is 0.328. The first-order valence-corrected chi connectivity index (χ1v) is 5.59. The Balaban J connectivity index is 0.000000555. The van der Waals surface area contributed by atoms with Gasteiger partial charge in [0.05, 0.1) is 12.5 Å². The van der Waals surface area contributed by atoms with Crippen molar-refractivity contribution in [2.75, 3.05) is 13.2 Å². The number of hydrogen-bond acceptors (Lipinski definition) is 4. The minimum Gasteiger partial charge on any atom is -0.490 e. The molecule has 0 N–H and O–H groups in total. The minimum absolute atomic E-state index is 0.236. The van der Waals surface area contributed by atoms with E-state index in [1.54, 1.807) is 0 Å². The molecule has 0 aromatic heterocycles. The average molecular weight is 262 g/mol. The third-order valence-corrected chi connectivity index (χ3v) is 1.70. The lowest BCUT2D eigenvalue weighted by atomic mass is 10.3. The Hall–Kier alpha value is -2.49. The Bertz CT molecular complexity index is 378. The van der Waals surface area contributed by atoms with Crippen LogP contribution in [0.2, 0.25) is 0 Å².